The summed E-state index contributed by atoms with van der Waals surface area (Å²) in [7, 11) is 0. The molecule has 2 aromatic rings. The fraction of sp³-hybridized carbons (Fsp3) is 0.273. The molecule has 1 aromatic carbocycles. The van der Waals surface area contributed by atoms with E-state index in [2.05, 4.69) is 10.2 Å². The van der Waals surface area contributed by atoms with E-state index in [-0.39, 0.29) is 12.5 Å². The highest BCUT2D eigenvalue weighted by atomic mass is 32.2. The highest BCUT2D eigenvalue weighted by Gasteiger charge is 2.30. The van der Waals surface area contributed by atoms with Crippen molar-refractivity contribution in [2.24, 2.45) is 0 Å². The predicted octanol–water partition coefficient (Wildman–Crippen LogP) is 3.39. The first-order valence-corrected chi connectivity index (χ1v) is 6.38. The van der Waals surface area contributed by atoms with Crippen molar-refractivity contribution in [3.8, 4) is 5.75 Å². The lowest BCUT2D eigenvalue weighted by Crippen LogP contribution is -2.04. The molecule has 0 radical (unpaired) electrons. The Balaban J connectivity index is 1.96. The van der Waals surface area contributed by atoms with E-state index in [9.17, 15) is 13.2 Å². The van der Waals surface area contributed by atoms with E-state index in [1.54, 1.807) is 6.26 Å². The summed E-state index contributed by atoms with van der Waals surface area (Å²) in [6.07, 6.45) is -2.56. The predicted molar refractivity (Wildman–Crippen MR) is 61.9 cm³/mol. The number of hydrogen-bond acceptors (Lipinski definition) is 5. The van der Waals surface area contributed by atoms with E-state index in [1.807, 2.05) is 0 Å². The lowest BCUT2D eigenvalue weighted by molar-refractivity contribution is -0.137. The van der Waals surface area contributed by atoms with Gasteiger partial charge in [-0.2, -0.15) is 13.2 Å². The number of aromatic nitrogens is 2. The van der Waals surface area contributed by atoms with Gasteiger partial charge in [-0.3, -0.25) is 0 Å². The van der Waals surface area contributed by atoms with E-state index >= 15 is 0 Å². The van der Waals surface area contributed by atoms with Crippen LogP contribution in [0.3, 0.4) is 0 Å². The zero-order valence-electron chi connectivity index (χ0n) is 9.77. The Morgan fingerprint density at radius 1 is 1.21 bits per heavy atom. The van der Waals surface area contributed by atoms with Crippen LogP contribution in [0.2, 0.25) is 0 Å². The average Bonchev–Trinajstić information content (AvgIpc) is 2.84. The summed E-state index contributed by atoms with van der Waals surface area (Å²) in [6.45, 7) is 0.0128. The maximum absolute atomic E-state index is 12.3. The van der Waals surface area contributed by atoms with E-state index < -0.39 is 11.7 Å². The Morgan fingerprint density at radius 2 is 1.89 bits per heavy atom. The molecule has 0 atom stereocenters. The molecule has 0 amide bonds. The molecule has 1 heterocycles. The number of nitrogens with zero attached hydrogens (tertiary/aromatic N) is 2. The van der Waals surface area contributed by atoms with Gasteiger partial charge in [0.2, 0.25) is 0 Å². The summed E-state index contributed by atoms with van der Waals surface area (Å²) in [4.78, 5) is 0. The van der Waals surface area contributed by atoms with Crippen LogP contribution in [0, 0.1) is 0 Å². The summed E-state index contributed by atoms with van der Waals surface area (Å²) in [5.74, 6) is 0.571. The second-order valence-electron chi connectivity index (χ2n) is 3.48. The summed E-state index contributed by atoms with van der Waals surface area (Å²) >= 11 is 1.30. The quantitative estimate of drug-likeness (QED) is 0.808. The first-order chi connectivity index (χ1) is 8.99. The van der Waals surface area contributed by atoms with Gasteiger partial charge in [-0.05, 0) is 30.5 Å². The van der Waals surface area contributed by atoms with Crippen LogP contribution in [0.5, 0.6) is 5.75 Å². The van der Waals surface area contributed by atoms with Crippen molar-refractivity contribution in [1.82, 2.24) is 10.2 Å². The lowest BCUT2D eigenvalue weighted by Gasteiger charge is -2.07. The zero-order chi connectivity index (χ0) is 13.9. The van der Waals surface area contributed by atoms with Gasteiger partial charge < -0.3 is 9.15 Å². The number of halogens is 3. The van der Waals surface area contributed by atoms with Crippen molar-refractivity contribution >= 4 is 11.8 Å². The smallest absolute Gasteiger partial charge is 0.416 e. The van der Waals surface area contributed by atoms with Gasteiger partial charge in [0.25, 0.3) is 11.1 Å². The first-order valence-electron chi connectivity index (χ1n) is 5.15. The van der Waals surface area contributed by atoms with Crippen molar-refractivity contribution < 1.29 is 22.3 Å². The average molecular weight is 290 g/mol. The van der Waals surface area contributed by atoms with Crippen LogP contribution in [0.15, 0.2) is 33.9 Å². The molecule has 0 saturated heterocycles. The van der Waals surface area contributed by atoms with Crippen LogP contribution in [0.4, 0.5) is 13.2 Å². The van der Waals surface area contributed by atoms with Gasteiger partial charge in [0.1, 0.15) is 5.75 Å². The number of rotatable bonds is 4. The third-order valence-corrected chi connectivity index (χ3v) is 2.68. The highest BCUT2D eigenvalue weighted by Crippen LogP contribution is 2.30. The van der Waals surface area contributed by atoms with Gasteiger partial charge in [-0.1, -0.05) is 11.8 Å². The second kappa shape index (κ2) is 5.52. The Bertz CT molecular complexity index is 540. The van der Waals surface area contributed by atoms with Gasteiger partial charge in [0.05, 0.1) is 5.56 Å². The largest absolute Gasteiger partial charge is 0.484 e. The van der Waals surface area contributed by atoms with E-state index in [0.29, 0.717) is 11.0 Å². The number of benzene rings is 1. The third kappa shape index (κ3) is 3.63. The normalized spacial score (nSPS) is 11.6. The fourth-order valence-electron chi connectivity index (χ4n) is 1.26. The van der Waals surface area contributed by atoms with Gasteiger partial charge in [-0.25, -0.2) is 0 Å². The maximum atomic E-state index is 12.3. The molecule has 8 heteroatoms. The molecule has 0 spiro atoms. The molecule has 0 N–H and O–H groups in total. The van der Waals surface area contributed by atoms with Crippen LogP contribution in [0.25, 0.3) is 0 Å². The van der Waals surface area contributed by atoms with Crippen LogP contribution >= 0.6 is 11.8 Å². The highest BCUT2D eigenvalue weighted by molar-refractivity contribution is 7.98. The molecular weight excluding hydrogens is 281 g/mol. The zero-order valence-corrected chi connectivity index (χ0v) is 10.6. The van der Waals surface area contributed by atoms with Crippen molar-refractivity contribution in [2.45, 2.75) is 18.0 Å². The summed E-state index contributed by atoms with van der Waals surface area (Å²) in [6, 6.07) is 4.40. The molecule has 102 valence electrons. The number of hydrogen-bond donors (Lipinski definition) is 0. The Labute approximate surface area is 111 Å². The van der Waals surface area contributed by atoms with E-state index in [1.165, 1.54) is 23.9 Å². The van der Waals surface area contributed by atoms with Gasteiger partial charge in [0.15, 0.2) is 6.61 Å². The van der Waals surface area contributed by atoms with Gasteiger partial charge >= 0.3 is 6.18 Å². The van der Waals surface area contributed by atoms with E-state index in [0.717, 1.165) is 12.1 Å². The SMILES string of the molecule is CSc1nnc(COc2ccc(C(F)(F)F)cc2)o1. The Morgan fingerprint density at radius 3 is 2.42 bits per heavy atom. The number of alkyl halides is 3. The molecule has 4 nitrogen and oxygen atoms in total. The van der Waals surface area contributed by atoms with Crippen LogP contribution < -0.4 is 4.74 Å². The summed E-state index contributed by atoms with van der Waals surface area (Å²) in [5, 5.41) is 7.84. The summed E-state index contributed by atoms with van der Waals surface area (Å²) in [5.41, 5.74) is -0.720. The molecule has 0 unspecified atom stereocenters. The number of thioether (sulfide) groups is 1. The molecular formula is C11H9F3N2O2S. The monoisotopic (exact) mass is 290 g/mol. The van der Waals surface area contributed by atoms with Crippen molar-refractivity contribution in [1.29, 1.82) is 0 Å². The Kier molecular flexibility index (Phi) is 3.98. The first kappa shape index (κ1) is 13.7. The molecule has 0 bridgehead atoms. The minimum absolute atomic E-state index is 0.0128. The summed E-state index contributed by atoms with van der Waals surface area (Å²) < 4.78 is 47.4. The van der Waals surface area contributed by atoms with Crippen LogP contribution in [0.1, 0.15) is 11.5 Å². The molecule has 1 aromatic heterocycles. The Hall–Kier alpha value is -1.70. The minimum Gasteiger partial charge on any atom is -0.484 e. The molecule has 0 saturated carbocycles. The molecule has 19 heavy (non-hydrogen) atoms. The maximum Gasteiger partial charge on any atom is 0.416 e. The molecule has 2 rings (SSSR count). The molecule has 0 aliphatic carbocycles. The van der Waals surface area contributed by atoms with Crippen molar-refractivity contribution in [3.63, 3.8) is 0 Å². The van der Waals surface area contributed by atoms with Crippen LogP contribution in [-0.4, -0.2) is 16.5 Å². The van der Waals surface area contributed by atoms with Gasteiger partial charge in [0, 0.05) is 0 Å². The minimum atomic E-state index is -4.35. The topological polar surface area (TPSA) is 48.2 Å². The molecule has 0 aliphatic rings. The molecule has 0 fully saturated rings. The second-order valence-corrected chi connectivity index (χ2v) is 4.23. The third-order valence-electron chi connectivity index (χ3n) is 2.17. The van der Waals surface area contributed by atoms with E-state index in [4.69, 9.17) is 9.15 Å². The standard InChI is InChI=1S/C11H9F3N2O2S/c1-19-10-16-15-9(18-10)6-17-8-4-2-7(3-5-8)11(12,13)14/h2-5H,6H2,1H3. The van der Waals surface area contributed by atoms with Crippen molar-refractivity contribution in [3.05, 3.63) is 35.7 Å². The molecule has 0 aliphatic heterocycles. The fourth-order valence-corrected chi connectivity index (χ4v) is 1.57. The van der Waals surface area contributed by atoms with Gasteiger partial charge in [-0.15, -0.1) is 10.2 Å². The number of ether oxygens (including phenoxy) is 1. The van der Waals surface area contributed by atoms with Crippen molar-refractivity contribution in [2.75, 3.05) is 6.26 Å². The lowest BCUT2D eigenvalue weighted by atomic mass is 10.2. The van der Waals surface area contributed by atoms with Crippen LogP contribution in [-0.2, 0) is 12.8 Å².